The number of fused-ring (bicyclic) bond motifs is 1. The summed E-state index contributed by atoms with van der Waals surface area (Å²) >= 11 is 0. The first-order valence-electron chi connectivity index (χ1n) is 11.1. The van der Waals surface area contributed by atoms with E-state index in [0.29, 0.717) is 5.92 Å². The third-order valence-corrected chi connectivity index (χ3v) is 6.54. The fraction of sp³-hybridized carbons (Fsp3) is 0.522. The van der Waals surface area contributed by atoms with Gasteiger partial charge in [0.05, 0.1) is 11.7 Å². The molecular weight excluding hydrogens is 360 g/mol. The van der Waals surface area contributed by atoms with Gasteiger partial charge in [0.2, 0.25) is 0 Å². The van der Waals surface area contributed by atoms with Crippen molar-refractivity contribution in [3.8, 4) is 0 Å². The number of rotatable bonds is 5. The SMILES string of the molecule is C1=C(CC2CC2)C(c2nc(N3CCNCC3)c3c(C4CC4)cncc3n2)=CCN1. The topological polar surface area (TPSA) is 66.0 Å². The van der Waals surface area contributed by atoms with E-state index in [9.17, 15) is 0 Å². The molecule has 2 aliphatic carbocycles. The molecule has 0 amide bonds. The summed E-state index contributed by atoms with van der Waals surface area (Å²) in [6.07, 6.45) is 14.8. The van der Waals surface area contributed by atoms with Crippen LogP contribution < -0.4 is 15.5 Å². The Morgan fingerprint density at radius 1 is 1.03 bits per heavy atom. The average Bonchev–Trinajstić information content (AvgIpc) is 3.68. The lowest BCUT2D eigenvalue weighted by molar-refractivity contribution is 0.585. The van der Waals surface area contributed by atoms with Gasteiger partial charge in [-0.05, 0) is 55.1 Å². The van der Waals surface area contributed by atoms with Gasteiger partial charge in [-0.25, -0.2) is 9.97 Å². The Morgan fingerprint density at radius 3 is 2.69 bits per heavy atom. The van der Waals surface area contributed by atoms with E-state index in [1.165, 1.54) is 47.8 Å². The average molecular weight is 389 g/mol. The summed E-state index contributed by atoms with van der Waals surface area (Å²) in [4.78, 5) is 17.3. The first-order valence-corrected chi connectivity index (χ1v) is 11.1. The van der Waals surface area contributed by atoms with Crippen molar-refractivity contribution in [2.75, 3.05) is 37.6 Å². The Morgan fingerprint density at radius 2 is 1.90 bits per heavy atom. The molecular formula is C23H28N6. The Labute approximate surface area is 171 Å². The van der Waals surface area contributed by atoms with Crippen molar-refractivity contribution in [2.45, 2.75) is 38.0 Å². The largest absolute Gasteiger partial charge is 0.387 e. The minimum Gasteiger partial charge on any atom is -0.387 e. The van der Waals surface area contributed by atoms with E-state index in [1.54, 1.807) is 0 Å². The van der Waals surface area contributed by atoms with Crippen molar-refractivity contribution < 1.29 is 0 Å². The minimum atomic E-state index is 0.630. The highest BCUT2D eigenvalue weighted by atomic mass is 15.2. The molecule has 2 aliphatic heterocycles. The smallest absolute Gasteiger partial charge is 0.162 e. The maximum absolute atomic E-state index is 5.22. The van der Waals surface area contributed by atoms with Gasteiger partial charge >= 0.3 is 0 Å². The number of nitrogens with one attached hydrogen (secondary N) is 2. The number of hydrogen-bond donors (Lipinski definition) is 2. The molecule has 2 aromatic rings. The fourth-order valence-corrected chi connectivity index (χ4v) is 4.61. The molecule has 1 saturated heterocycles. The zero-order valence-electron chi connectivity index (χ0n) is 16.8. The summed E-state index contributed by atoms with van der Waals surface area (Å²) in [5.74, 6) is 3.45. The second-order valence-corrected chi connectivity index (χ2v) is 8.85. The van der Waals surface area contributed by atoms with Crippen LogP contribution in [-0.4, -0.2) is 47.7 Å². The molecule has 6 rings (SSSR count). The summed E-state index contributed by atoms with van der Waals surface area (Å²) in [5.41, 5.74) is 4.91. The third-order valence-electron chi connectivity index (χ3n) is 6.54. The number of anilines is 1. The van der Waals surface area contributed by atoms with Crippen LogP contribution in [0, 0.1) is 5.92 Å². The van der Waals surface area contributed by atoms with Crippen LogP contribution in [0.2, 0.25) is 0 Å². The van der Waals surface area contributed by atoms with E-state index < -0.39 is 0 Å². The van der Waals surface area contributed by atoms with Crippen LogP contribution in [0.5, 0.6) is 0 Å². The third kappa shape index (κ3) is 3.39. The van der Waals surface area contributed by atoms with E-state index in [1.807, 2.05) is 6.20 Å². The second kappa shape index (κ2) is 7.10. The van der Waals surface area contributed by atoms with Crippen LogP contribution in [0.3, 0.4) is 0 Å². The first-order chi connectivity index (χ1) is 14.4. The Balaban J connectivity index is 1.49. The highest BCUT2D eigenvalue weighted by Gasteiger charge is 2.30. The first kappa shape index (κ1) is 17.4. The van der Waals surface area contributed by atoms with Crippen LogP contribution in [0.25, 0.3) is 16.5 Å². The van der Waals surface area contributed by atoms with Gasteiger partial charge in [-0.1, -0.05) is 6.08 Å². The summed E-state index contributed by atoms with van der Waals surface area (Å²) in [5, 5.41) is 8.09. The van der Waals surface area contributed by atoms with Crippen LogP contribution in [0.1, 0.15) is 49.4 Å². The van der Waals surface area contributed by atoms with Gasteiger partial charge in [-0.15, -0.1) is 0 Å². The number of aromatic nitrogens is 3. The number of pyridine rings is 1. The Bertz CT molecular complexity index is 996. The Hall–Kier alpha value is -2.47. The molecule has 2 N–H and O–H groups in total. The van der Waals surface area contributed by atoms with Gasteiger partial charge in [0.25, 0.3) is 0 Å². The molecule has 4 heterocycles. The van der Waals surface area contributed by atoms with Crippen molar-refractivity contribution in [1.29, 1.82) is 0 Å². The van der Waals surface area contributed by atoms with Crippen LogP contribution in [-0.2, 0) is 0 Å². The molecule has 4 aliphatic rings. The molecule has 0 bridgehead atoms. The quantitative estimate of drug-likeness (QED) is 0.821. The standard InChI is InChI=1S/C23H28N6/c1-2-15(1)11-17-12-25-6-5-18(17)22-27-20-14-26-13-19(16-3-4-16)21(20)23(28-22)29-9-7-24-8-10-29/h5,12-16,24-25H,1-4,6-11H2. The molecule has 0 atom stereocenters. The number of hydrogen-bond acceptors (Lipinski definition) is 6. The molecule has 6 heteroatoms. The van der Waals surface area contributed by atoms with Gasteiger partial charge in [-0.3, -0.25) is 4.98 Å². The van der Waals surface area contributed by atoms with E-state index in [4.69, 9.17) is 9.97 Å². The lowest BCUT2D eigenvalue weighted by Gasteiger charge is -2.30. The number of nitrogens with zero attached hydrogens (tertiary/aromatic N) is 4. The summed E-state index contributed by atoms with van der Waals surface area (Å²) in [6, 6.07) is 0. The zero-order valence-corrected chi connectivity index (χ0v) is 16.8. The predicted molar refractivity (Wildman–Crippen MR) is 116 cm³/mol. The molecule has 2 saturated carbocycles. The zero-order chi connectivity index (χ0) is 19.2. The highest BCUT2D eigenvalue weighted by molar-refractivity contribution is 5.94. The minimum absolute atomic E-state index is 0.630. The summed E-state index contributed by atoms with van der Waals surface area (Å²) < 4.78 is 0. The van der Waals surface area contributed by atoms with E-state index in [2.05, 4.69) is 39.0 Å². The van der Waals surface area contributed by atoms with Crippen molar-refractivity contribution in [1.82, 2.24) is 25.6 Å². The molecule has 0 unspecified atom stereocenters. The van der Waals surface area contributed by atoms with E-state index >= 15 is 0 Å². The molecule has 0 aromatic carbocycles. The normalized spacial score (nSPS) is 22.3. The van der Waals surface area contributed by atoms with Gasteiger partial charge < -0.3 is 15.5 Å². The van der Waals surface area contributed by atoms with Crippen molar-refractivity contribution in [3.05, 3.63) is 41.6 Å². The summed E-state index contributed by atoms with van der Waals surface area (Å²) in [6.45, 7) is 4.83. The van der Waals surface area contributed by atoms with Crippen LogP contribution in [0.15, 0.2) is 30.2 Å². The number of dihydropyridines is 1. The molecule has 150 valence electrons. The fourth-order valence-electron chi connectivity index (χ4n) is 4.61. The van der Waals surface area contributed by atoms with Gasteiger partial charge in [0.15, 0.2) is 5.82 Å². The maximum Gasteiger partial charge on any atom is 0.162 e. The molecule has 0 spiro atoms. The van der Waals surface area contributed by atoms with E-state index in [-0.39, 0.29) is 0 Å². The molecule has 0 radical (unpaired) electrons. The van der Waals surface area contributed by atoms with Gasteiger partial charge in [0.1, 0.15) is 5.82 Å². The Kier molecular flexibility index (Phi) is 4.26. The number of piperazine rings is 1. The lowest BCUT2D eigenvalue weighted by Crippen LogP contribution is -2.44. The van der Waals surface area contributed by atoms with Gasteiger partial charge in [0, 0.05) is 56.1 Å². The molecule has 3 fully saturated rings. The van der Waals surface area contributed by atoms with Crippen molar-refractivity contribution in [2.24, 2.45) is 5.92 Å². The molecule has 29 heavy (non-hydrogen) atoms. The molecule has 2 aromatic heterocycles. The molecule has 6 nitrogen and oxygen atoms in total. The monoisotopic (exact) mass is 388 g/mol. The lowest BCUT2D eigenvalue weighted by atomic mass is 9.98. The van der Waals surface area contributed by atoms with Crippen molar-refractivity contribution in [3.63, 3.8) is 0 Å². The van der Waals surface area contributed by atoms with Crippen molar-refractivity contribution >= 4 is 22.3 Å². The summed E-state index contributed by atoms with van der Waals surface area (Å²) in [7, 11) is 0. The maximum atomic E-state index is 5.22. The number of allylic oxidation sites excluding steroid dienone is 2. The van der Waals surface area contributed by atoms with Gasteiger partial charge in [-0.2, -0.15) is 0 Å². The van der Waals surface area contributed by atoms with E-state index in [0.717, 1.165) is 62.2 Å². The highest BCUT2D eigenvalue weighted by Crippen LogP contribution is 2.45. The van der Waals surface area contributed by atoms with Crippen LogP contribution >= 0.6 is 0 Å². The van der Waals surface area contributed by atoms with Crippen LogP contribution in [0.4, 0.5) is 5.82 Å². The predicted octanol–water partition coefficient (Wildman–Crippen LogP) is 2.98. The second-order valence-electron chi connectivity index (χ2n) is 8.85.